The van der Waals surface area contributed by atoms with Crippen LogP contribution in [-0.2, 0) is 17.6 Å². The molecule has 1 aliphatic carbocycles. The maximum Gasteiger partial charge on any atom is 0.225 e. The van der Waals surface area contributed by atoms with Crippen LogP contribution >= 0.6 is 22.9 Å². The Balaban J connectivity index is 1.81. The lowest BCUT2D eigenvalue weighted by molar-refractivity contribution is -0.134. The third kappa shape index (κ3) is 2.84. The first-order valence-corrected chi connectivity index (χ1v) is 8.97. The first kappa shape index (κ1) is 15.7. The van der Waals surface area contributed by atoms with Gasteiger partial charge in [0.2, 0.25) is 5.91 Å². The molecule has 0 saturated carbocycles. The number of carbonyl (C=O) groups excluding carboxylic acids is 1. The fraction of sp³-hybridized carbons (Fsp3) is 0.562. The van der Waals surface area contributed by atoms with E-state index in [1.165, 1.54) is 16.8 Å². The minimum Gasteiger partial charge on any atom is -0.346 e. The molecular weight excluding hydrogens is 318 g/mol. The van der Waals surface area contributed by atoms with Crippen LogP contribution in [0.3, 0.4) is 0 Å². The summed E-state index contributed by atoms with van der Waals surface area (Å²) in [6.07, 6.45) is 6.27. The second-order valence-electron chi connectivity index (χ2n) is 5.90. The molecule has 0 unspecified atom stereocenters. The van der Waals surface area contributed by atoms with Crippen molar-refractivity contribution in [2.45, 2.75) is 39.0 Å². The Morgan fingerprint density at radius 3 is 3.09 bits per heavy atom. The molecule has 2 aromatic heterocycles. The van der Waals surface area contributed by atoms with Gasteiger partial charge in [-0.25, -0.2) is 9.97 Å². The van der Waals surface area contributed by atoms with E-state index in [2.05, 4.69) is 16.9 Å². The van der Waals surface area contributed by atoms with Crippen molar-refractivity contribution in [1.29, 1.82) is 0 Å². The fourth-order valence-corrected chi connectivity index (χ4v) is 4.67. The molecule has 0 aromatic carbocycles. The molecular formula is C16H20ClN3OS. The summed E-state index contributed by atoms with van der Waals surface area (Å²) in [5.74, 6) is 0.364. The van der Waals surface area contributed by atoms with Gasteiger partial charge in [0.25, 0.3) is 0 Å². The lowest BCUT2D eigenvalue weighted by Gasteiger charge is -2.26. The van der Waals surface area contributed by atoms with E-state index in [-0.39, 0.29) is 11.8 Å². The minimum absolute atomic E-state index is 0.0918. The molecule has 118 valence electrons. The van der Waals surface area contributed by atoms with Crippen LogP contribution in [0.2, 0.25) is 5.15 Å². The van der Waals surface area contributed by atoms with Crippen molar-refractivity contribution in [1.82, 2.24) is 14.9 Å². The number of hydrogen-bond donors (Lipinski definition) is 0. The molecule has 6 heteroatoms. The number of halogens is 1. The molecule has 22 heavy (non-hydrogen) atoms. The van der Waals surface area contributed by atoms with Crippen LogP contribution in [0.5, 0.6) is 0 Å². The predicted octanol–water partition coefficient (Wildman–Crippen LogP) is 3.71. The Morgan fingerprint density at radius 2 is 2.32 bits per heavy atom. The molecule has 0 fully saturated rings. The van der Waals surface area contributed by atoms with Crippen molar-refractivity contribution >= 4 is 39.1 Å². The van der Waals surface area contributed by atoms with Crippen LogP contribution in [0.25, 0.3) is 10.2 Å². The third-order valence-corrected chi connectivity index (χ3v) is 5.82. The van der Waals surface area contributed by atoms with Crippen LogP contribution < -0.4 is 0 Å². The monoisotopic (exact) mass is 337 g/mol. The number of fused-ring (bicyclic) bond motifs is 3. The maximum atomic E-state index is 12.6. The Kier molecular flexibility index (Phi) is 4.64. The molecule has 0 saturated heterocycles. The smallest absolute Gasteiger partial charge is 0.225 e. The molecule has 0 N–H and O–H groups in total. The molecule has 0 radical (unpaired) electrons. The van der Waals surface area contributed by atoms with Gasteiger partial charge in [0.1, 0.15) is 16.3 Å². The van der Waals surface area contributed by atoms with Crippen molar-refractivity contribution in [3.8, 4) is 0 Å². The van der Waals surface area contributed by atoms with Gasteiger partial charge in [-0.15, -0.1) is 11.3 Å². The highest BCUT2D eigenvalue weighted by molar-refractivity contribution is 7.19. The van der Waals surface area contributed by atoms with Gasteiger partial charge in [-0.05, 0) is 31.2 Å². The van der Waals surface area contributed by atoms with Crippen LogP contribution in [0.1, 0.15) is 36.6 Å². The SMILES string of the molecule is CCCCN(C)C(=O)[C@H]1CCc2c(sc3ncnc(Cl)c23)C1. The van der Waals surface area contributed by atoms with E-state index >= 15 is 0 Å². The van der Waals surface area contributed by atoms with E-state index < -0.39 is 0 Å². The zero-order valence-electron chi connectivity index (χ0n) is 12.9. The predicted molar refractivity (Wildman–Crippen MR) is 90.5 cm³/mol. The summed E-state index contributed by atoms with van der Waals surface area (Å²) in [6, 6.07) is 0. The van der Waals surface area contributed by atoms with E-state index in [9.17, 15) is 4.79 Å². The topological polar surface area (TPSA) is 46.1 Å². The first-order valence-electron chi connectivity index (χ1n) is 7.77. The first-order chi connectivity index (χ1) is 10.6. The van der Waals surface area contributed by atoms with Crippen molar-refractivity contribution in [3.05, 3.63) is 21.9 Å². The summed E-state index contributed by atoms with van der Waals surface area (Å²) in [5.41, 5.74) is 1.26. The Morgan fingerprint density at radius 1 is 1.50 bits per heavy atom. The van der Waals surface area contributed by atoms with Gasteiger partial charge in [0.15, 0.2) is 0 Å². The summed E-state index contributed by atoms with van der Waals surface area (Å²) in [4.78, 5) is 25.1. The molecule has 0 bridgehead atoms. The summed E-state index contributed by atoms with van der Waals surface area (Å²) in [5, 5.41) is 1.53. The quantitative estimate of drug-likeness (QED) is 0.799. The van der Waals surface area contributed by atoms with E-state index in [1.807, 2.05) is 11.9 Å². The van der Waals surface area contributed by atoms with E-state index in [4.69, 9.17) is 11.6 Å². The highest BCUT2D eigenvalue weighted by atomic mass is 35.5. The molecule has 1 aliphatic rings. The summed E-state index contributed by atoms with van der Waals surface area (Å²) in [7, 11) is 1.92. The lowest BCUT2D eigenvalue weighted by atomic mass is 9.87. The highest BCUT2D eigenvalue weighted by Crippen LogP contribution is 2.39. The molecule has 3 rings (SSSR count). The average Bonchev–Trinajstić information content (AvgIpc) is 2.90. The zero-order valence-corrected chi connectivity index (χ0v) is 14.5. The molecule has 2 heterocycles. The Labute approximate surface area is 139 Å². The largest absolute Gasteiger partial charge is 0.346 e. The number of carbonyl (C=O) groups is 1. The number of unbranched alkanes of at least 4 members (excludes halogenated alkanes) is 1. The zero-order chi connectivity index (χ0) is 15.7. The standard InChI is InChI=1S/C16H20ClN3OS/c1-3-4-7-20(2)16(21)10-5-6-11-12(8-10)22-15-13(11)14(17)18-9-19-15/h9-10H,3-8H2,1-2H3/t10-/m0/s1. The molecule has 0 spiro atoms. The van der Waals surface area contributed by atoms with Gasteiger partial charge in [-0.3, -0.25) is 4.79 Å². The van der Waals surface area contributed by atoms with Crippen molar-refractivity contribution in [2.75, 3.05) is 13.6 Å². The molecule has 4 nitrogen and oxygen atoms in total. The van der Waals surface area contributed by atoms with E-state index in [0.29, 0.717) is 5.15 Å². The van der Waals surface area contributed by atoms with Gasteiger partial charge in [-0.1, -0.05) is 24.9 Å². The van der Waals surface area contributed by atoms with Crippen molar-refractivity contribution in [2.24, 2.45) is 5.92 Å². The van der Waals surface area contributed by atoms with E-state index in [0.717, 1.165) is 48.9 Å². The molecule has 2 aromatic rings. The second kappa shape index (κ2) is 6.50. The van der Waals surface area contributed by atoms with Gasteiger partial charge < -0.3 is 4.90 Å². The van der Waals surface area contributed by atoms with Crippen LogP contribution in [-0.4, -0.2) is 34.4 Å². The van der Waals surface area contributed by atoms with Crippen molar-refractivity contribution < 1.29 is 4.79 Å². The van der Waals surface area contributed by atoms with Crippen LogP contribution in [0.15, 0.2) is 6.33 Å². The fourth-order valence-electron chi connectivity index (χ4n) is 3.10. The maximum absolute atomic E-state index is 12.6. The third-order valence-electron chi connectivity index (χ3n) is 4.37. The summed E-state index contributed by atoms with van der Waals surface area (Å²) >= 11 is 7.88. The number of rotatable bonds is 4. The normalized spacial score (nSPS) is 17.5. The number of aromatic nitrogens is 2. The highest BCUT2D eigenvalue weighted by Gasteiger charge is 2.30. The van der Waals surface area contributed by atoms with Gasteiger partial charge in [-0.2, -0.15) is 0 Å². The van der Waals surface area contributed by atoms with Gasteiger partial charge in [0, 0.05) is 24.4 Å². The molecule has 0 aliphatic heterocycles. The van der Waals surface area contributed by atoms with Crippen LogP contribution in [0, 0.1) is 5.92 Å². The van der Waals surface area contributed by atoms with Crippen LogP contribution in [0.4, 0.5) is 0 Å². The minimum atomic E-state index is 0.0918. The lowest BCUT2D eigenvalue weighted by Crippen LogP contribution is -2.36. The second-order valence-corrected chi connectivity index (χ2v) is 7.34. The number of thiophene rings is 1. The molecule has 1 atom stereocenters. The summed E-state index contributed by atoms with van der Waals surface area (Å²) < 4.78 is 0. The Hall–Kier alpha value is -1.20. The number of nitrogens with zero attached hydrogens (tertiary/aromatic N) is 3. The van der Waals surface area contributed by atoms with Crippen molar-refractivity contribution in [3.63, 3.8) is 0 Å². The van der Waals surface area contributed by atoms with Gasteiger partial charge in [0.05, 0.1) is 5.39 Å². The summed E-state index contributed by atoms with van der Waals surface area (Å²) in [6.45, 7) is 3.00. The Bertz CT molecular complexity index is 700. The number of hydrogen-bond acceptors (Lipinski definition) is 4. The number of amides is 1. The molecule has 1 amide bonds. The average molecular weight is 338 g/mol. The number of aryl methyl sites for hydroxylation is 1. The van der Waals surface area contributed by atoms with E-state index in [1.54, 1.807) is 11.3 Å². The van der Waals surface area contributed by atoms with Gasteiger partial charge >= 0.3 is 0 Å².